The largest absolute Gasteiger partial charge is 0.462 e. The Balaban J connectivity index is 1.06. The molecule has 0 amide bonds. The number of hydrogen-bond donors (Lipinski definition) is 0. The number of fused-ring (bicyclic) bond motifs is 6. The molecule has 1 aromatic carbocycles. The van der Waals surface area contributed by atoms with Gasteiger partial charge in [-0.2, -0.15) is 0 Å². The SMILES string of the molecule is CC(=O)Oc1ccc(C=CC(=O)O[C@H]2CO[C@@H](O[C@H]3CC[C@@]4(C)[C@@H](CC[C@@]5(C)CC6=CC[C@H]7C(C)(C)[C@@H](OC(C)=O)CC[C@]7(C)[C@H]6CC[C@@H]54)C3(C)C)[C@H](OC(C)=O)[C@H]2OC(C)=O)cc1. The van der Waals surface area contributed by atoms with E-state index in [4.69, 9.17) is 33.2 Å². The summed E-state index contributed by atoms with van der Waals surface area (Å²) < 4.78 is 41.6. The molecular weight excluding hydrogens is 817 g/mol. The molecule has 1 saturated heterocycles. The number of esters is 5. The van der Waals surface area contributed by atoms with E-state index in [2.05, 4.69) is 54.5 Å². The van der Waals surface area contributed by atoms with E-state index in [1.54, 1.807) is 35.9 Å². The van der Waals surface area contributed by atoms with Crippen LogP contribution in [0.1, 0.15) is 146 Å². The van der Waals surface area contributed by atoms with Crippen molar-refractivity contribution in [2.45, 2.75) is 177 Å². The molecule has 1 aliphatic heterocycles. The van der Waals surface area contributed by atoms with Crippen molar-refractivity contribution in [3.8, 4) is 5.75 Å². The predicted molar refractivity (Wildman–Crippen MR) is 238 cm³/mol. The highest BCUT2D eigenvalue weighted by atomic mass is 16.7. The zero-order valence-corrected chi connectivity index (χ0v) is 40.0. The fraction of sp³-hybridized carbons (Fsp3) is 0.712. The first-order chi connectivity index (χ1) is 30.0. The number of hydrogen-bond acceptors (Lipinski definition) is 12. The van der Waals surface area contributed by atoms with Gasteiger partial charge in [0, 0.05) is 39.2 Å². The third-order valence-electron chi connectivity index (χ3n) is 17.2. The van der Waals surface area contributed by atoms with Crippen molar-refractivity contribution in [1.82, 2.24) is 0 Å². The van der Waals surface area contributed by atoms with Gasteiger partial charge in [-0.25, -0.2) is 4.79 Å². The van der Waals surface area contributed by atoms with Gasteiger partial charge in [-0.05, 0) is 133 Å². The van der Waals surface area contributed by atoms with Crippen LogP contribution < -0.4 is 4.74 Å². The first-order valence-electron chi connectivity index (χ1n) is 23.6. The number of carbonyl (C=O) groups is 5. The summed E-state index contributed by atoms with van der Waals surface area (Å²) in [6.07, 6.45) is 11.0. The second-order valence-corrected chi connectivity index (χ2v) is 21.9. The van der Waals surface area contributed by atoms with Gasteiger partial charge in [-0.15, -0.1) is 0 Å². The summed E-state index contributed by atoms with van der Waals surface area (Å²) >= 11 is 0. The van der Waals surface area contributed by atoms with Gasteiger partial charge in [0.05, 0.1) is 12.7 Å². The lowest BCUT2D eigenvalue weighted by molar-refractivity contribution is -0.310. The standard InChI is InChI=1S/C52H72O12/c1-30(53)59-36-16-12-34(13-17-36)14-21-44(57)63-38-29-58-47(46(62-33(4)56)45(38)61-32(3)55)64-43-24-27-52(11)40(49(43,7)8)22-25-50(9)28-35-15-19-39-48(5,6)42(60-31(2)54)23-26-51(39,10)37(35)18-20-41(50)52/h12-17,21,37-43,45-47H,18-20,22-29H2,1-11H3/t37-,38-,39-,40-,41-,42-,43-,45-,46+,47-,50-,51+,52-/m0/s1. The van der Waals surface area contributed by atoms with Crippen molar-refractivity contribution < 1.29 is 57.1 Å². The highest BCUT2D eigenvalue weighted by Gasteiger charge is 2.64. The molecule has 0 unspecified atom stereocenters. The van der Waals surface area contributed by atoms with Gasteiger partial charge in [-0.1, -0.05) is 72.2 Å². The number of carbonyl (C=O) groups excluding carboxylic acids is 5. The van der Waals surface area contributed by atoms with E-state index >= 15 is 0 Å². The van der Waals surface area contributed by atoms with Crippen molar-refractivity contribution in [2.24, 2.45) is 50.7 Å². The molecule has 5 fully saturated rings. The van der Waals surface area contributed by atoms with Gasteiger partial charge in [0.25, 0.3) is 0 Å². The molecule has 5 aliphatic carbocycles. The van der Waals surface area contributed by atoms with Gasteiger partial charge < -0.3 is 33.2 Å². The maximum absolute atomic E-state index is 13.1. The van der Waals surface area contributed by atoms with Crippen molar-refractivity contribution in [1.29, 1.82) is 0 Å². The zero-order chi connectivity index (χ0) is 46.6. The Labute approximate surface area is 379 Å². The highest BCUT2D eigenvalue weighted by Crippen LogP contribution is 2.70. The average molecular weight is 889 g/mol. The molecule has 13 atom stereocenters. The fourth-order valence-corrected chi connectivity index (χ4v) is 14.5. The van der Waals surface area contributed by atoms with Crippen LogP contribution in [-0.2, 0) is 52.4 Å². The molecular formula is C52H72O12. The first-order valence-corrected chi connectivity index (χ1v) is 23.6. The summed E-state index contributed by atoms with van der Waals surface area (Å²) in [5.41, 5.74) is 2.31. The number of ether oxygens (including phenoxy) is 7. The van der Waals surface area contributed by atoms with Crippen molar-refractivity contribution in [3.63, 3.8) is 0 Å². The fourth-order valence-electron chi connectivity index (χ4n) is 14.5. The van der Waals surface area contributed by atoms with Crippen LogP contribution in [0.25, 0.3) is 6.08 Å². The van der Waals surface area contributed by atoms with Crippen molar-refractivity contribution >= 4 is 35.9 Å². The van der Waals surface area contributed by atoms with Crippen LogP contribution in [-0.4, -0.2) is 73.3 Å². The minimum absolute atomic E-state index is 0.0569. The van der Waals surface area contributed by atoms with E-state index in [0.717, 1.165) is 51.4 Å². The lowest BCUT2D eigenvalue weighted by Crippen LogP contribution is -2.62. The number of rotatable bonds is 9. The van der Waals surface area contributed by atoms with E-state index in [9.17, 15) is 24.0 Å². The maximum atomic E-state index is 13.1. The Hall–Kier alpha value is -4.03. The molecule has 1 heterocycles. The summed E-state index contributed by atoms with van der Waals surface area (Å²) in [5, 5.41) is 0. The van der Waals surface area contributed by atoms with Crippen molar-refractivity contribution in [3.05, 3.63) is 47.6 Å². The molecule has 7 rings (SSSR count). The highest BCUT2D eigenvalue weighted by molar-refractivity contribution is 5.87. The van der Waals surface area contributed by atoms with Crippen molar-refractivity contribution in [2.75, 3.05) is 6.61 Å². The van der Waals surface area contributed by atoms with Crippen LogP contribution in [0.3, 0.4) is 0 Å². The number of benzene rings is 1. The van der Waals surface area contributed by atoms with Gasteiger partial charge in [-0.3, -0.25) is 19.2 Å². The molecule has 64 heavy (non-hydrogen) atoms. The second kappa shape index (κ2) is 18.0. The van der Waals surface area contributed by atoms with Gasteiger partial charge in [0.15, 0.2) is 24.6 Å². The summed E-state index contributed by atoms with van der Waals surface area (Å²) in [6.45, 7) is 22.1. The zero-order valence-electron chi connectivity index (χ0n) is 40.0. The van der Waals surface area contributed by atoms with Gasteiger partial charge >= 0.3 is 29.8 Å². The molecule has 0 N–H and O–H groups in total. The average Bonchev–Trinajstić information content (AvgIpc) is 3.35. The quantitative estimate of drug-likeness (QED) is 0.0580. The summed E-state index contributed by atoms with van der Waals surface area (Å²) in [4.78, 5) is 61.7. The predicted octanol–water partition coefficient (Wildman–Crippen LogP) is 9.51. The normalized spacial score (nSPS) is 38.6. The summed E-state index contributed by atoms with van der Waals surface area (Å²) in [7, 11) is 0. The minimum atomic E-state index is -1.19. The number of allylic oxidation sites excluding steroid dienone is 2. The molecule has 352 valence electrons. The maximum Gasteiger partial charge on any atom is 0.331 e. The van der Waals surface area contributed by atoms with Gasteiger partial charge in [0.1, 0.15) is 11.9 Å². The Bertz CT molecular complexity index is 2020. The molecule has 6 aliphatic rings. The molecule has 0 bridgehead atoms. The Morgan fingerprint density at radius 2 is 1.27 bits per heavy atom. The molecule has 0 spiro atoms. The van der Waals surface area contributed by atoms with Gasteiger partial charge in [0.2, 0.25) is 0 Å². The third-order valence-corrected chi connectivity index (χ3v) is 17.2. The molecule has 1 aromatic rings. The third kappa shape index (κ3) is 9.20. The van der Waals surface area contributed by atoms with Crippen LogP contribution in [0.5, 0.6) is 5.75 Å². The van der Waals surface area contributed by atoms with E-state index < -0.39 is 48.5 Å². The van der Waals surface area contributed by atoms with Crippen LogP contribution in [0.2, 0.25) is 0 Å². The lowest BCUT2D eigenvalue weighted by atomic mass is 9.42. The van der Waals surface area contributed by atoms with Crippen LogP contribution >= 0.6 is 0 Å². The molecule has 12 nitrogen and oxygen atoms in total. The minimum Gasteiger partial charge on any atom is -0.462 e. The summed E-state index contributed by atoms with van der Waals surface area (Å²) in [5.74, 6) is -0.379. The second-order valence-electron chi connectivity index (χ2n) is 21.9. The topological polar surface area (TPSA) is 150 Å². The van der Waals surface area contributed by atoms with E-state index in [1.165, 1.54) is 46.6 Å². The van der Waals surface area contributed by atoms with Crippen LogP contribution in [0.15, 0.2) is 42.0 Å². The lowest BCUT2D eigenvalue weighted by Gasteiger charge is -2.64. The molecule has 4 saturated carbocycles. The van der Waals surface area contributed by atoms with Crippen LogP contribution in [0, 0.1) is 50.7 Å². The van der Waals surface area contributed by atoms with E-state index in [-0.39, 0.29) is 51.9 Å². The van der Waals surface area contributed by atoms with Crippen LogP contribution in [0.4, 0.5) is 0 Å². The Morgan fingerprint density at radius 1 is 0.641 bits per heavy atom. The molecule has 12 heteroatoms. The van der Waals surface area contributed by atoms with E-state index in [0.29, 0.717) is 35.0 Å². The molecule has 0 aromatic heterocycles. The molecule has 0 radical (unpaired) electrons. The Morgan fingerprint density at radius 3 is 1.92 bits per heavy atom. The summed E-state index contributed by atoms with van der Waals surface area (Å²) in [6, 6.07) is 6.59. The first kappa shape index (κ1) is 47.9. The van der Waals surface area contributed by atoms with E-state index in [1.807, 2.05) is 0 Å². The smallest absolute Gasteiger partial charge is 0.331 e. The monoisotopic (exact) mass is 889 g/mol. The Kier molecular flexibility index (Phi) is 13.5.